The summed E-state index contributed by atoms with van der Waals surface area (Å²) >= 11 is 3.44. The van der Waals surface area contributed by atoms with Gasteiger partial charge in [-0.1, -0.05) is 28.1 Å². The first-order valence-electron chi connectivity index (χ1n) is 5.49. The van der Waals surface area contributed by atoms with Crippen molar-refractivity contribution in [3.63, 3.8) is 0 Å². The molecular formula is C12H17BrN2. The van der Waals surface area contributed by atoms with Crippen LogP contribution in [0.5, 0.6) is 0 Å². The largest absolute Gasteiger partial charge is 0.324 e. The van der Waals surface area contributed by atoms with Crippen LogP contribution in [-0.4, -0.2) is 13.1 Å². The van der Waals surface area contributed by atoms with E-state index in [1.165, 1.54) is 18.4 Å². The van der Waals surface area contributed by atoms with E-state index in [9.17, 15) is 0 Å². The number of piperidine rings is 1. The van der Waals surface area contributed by atoms with Crippen LogP contribution < -0.4 is 11.1 Å². The van der Waals surface area contributed by atoms with Crippen LogP contribution in [0.2, 0.25) is 0 Å². The van der Waals surface area contributed by atoms with Gasteiger partial charge in [0.25, 0.3) is 0 Å². The number of nitrogens with two attached hydrogens (primary N) is 1. The minimum absolute atomic E-state index is 0.195. The molecule has 82 valence electrons. The van der Waals surface area contributed by atoms with Gasteiger partial charge in [0.15, 0.2) is 0 Å². The lowest BCUT2D eigenvalue weighted by Gasteiger charge is -2.28. The number of hydrogen-bond acceptors (Lipinski definition) is 2. The van der Waals surface area contributed by atoms with Crippen LogP contribution in [0.4, 0.5) is 0 Å². The fourth-order valence-electron chi connectivity index (χ4n) is 2.16. The Hall–Kier alpha value is -0.380. The lowest BCUT2D eigenvalue weighted by atomic mass is 9.87. The van der Waals surface area contributed by atoms with Crippen LogP contribution in [0, 0.1) is 5.92 Å². The highest BCUT2D eigenvalue weighted by atomic mass is 79.9. The number of rotatable bonds is 2. The monoisotopic (exact) mass is 268 g/mol. The van der Waals surface area contributed by atoms with Gasteiger partial charge >= 0.3 is 0 Å². The van der Waals surface area contributed by atoms with Crippen LogP contribution in [0.3, 0.4) is 0 Å². The third kappa shape index (κ3) is 2.80. The van der Waals surface area contributed by atoms with E-state index in [1.807, 2.05) is 0 Å². The van der Waals surface area contributed by atoms with Crippen molar-refractivity contribution in [1.82, 2.24) is 5.32 Å². The molecule has 2 rings (SSSR count). The second kappa shape index (κ2) is 5.10. The van der Waals surface area contributed by atoms with Gasteiger partial charge in [0.2, 0.25) is 0 Å². The molecule has 2 nitrogen and oxygen atoms in total. The molecule has 0 unspecified atom stereocenters. The van der Waals surface area contributed by atoms with Crippen LogP contribution in [-0.2, 0) is 0 Å². The third-order valence-corrected chi connectivity index (χ3v) is 3.68. The van der Waals surface area contributed by atoms with Gasteiger partial charge in [0, 0.05) is 10.5 Å². The van der Waals surface area contributed by atoms with Gasteiger partial charge in [0.1, 0.15) is 0 Å². The molecule has 1 aliphatic heterocycles. The lowest BCUT2D eigenvalue weighted by Crippen LogP contribution is -2.33. The molecule has 0 aliphatic carbocycles. The summed E-state index contributed by atoms with van der Waals surface area (Å²) in [6.45, 7) is 2.21. The highest BCUT2D eigenvalue weighted by Crippen LogP contribution is 2.27. The quantitative estimate of drug-likeness (QED) is 0.865. The molecule has 0 spiro atoms. The molecule has 1 aromatic rings. The minimum Gasteiger partial charge on any atom is -0.324 e. The predicted molar refractivity (Wildman–Crippen MR) is 66.7 cm³/mol. The Kier molecular flexibility index (Phi) is 3.78. The van der Waals surface area contributed by atoms with Gasteiger partial charge < -0.3 is 11.1 Å². The molecule has 1 heterocycles. The zero-order chi connectivity index (χ0) is 10.7. The molecule has 1 saturated heterocycles. The lowest BCUT2D eigenvalue weighted by molar-refractivity contribution is 0.322. The fraction of sp³-hybridized carbons (Fsp3) is 0.500. The van der Waals surface area contributed by atoms with Crippen molar-refractivity contribution in [1.29, 1.82) is 0 Å². The third-order valence-electron chi connectivity index (χ3n) is 3.15. The summed E-state index contributed by atoms with van der Waals surface area (Å²) in [5, 5.41) is 3.37. The maximum absolute atomic E-state index is 6.28. The van der Waals surface area contributed by atoms with E-state index in [1.54, 1.807) is 0 Å². The first kappa shape index (κ1) is 11.1. The molecule has 0 aromatic heterocycles. The summed E-state index contributed by atoms with van der Waals surface area (Å²) in [5.74, 6) is 0.632. The predicted octanol–water partition coefficient (Wildman–Crippen LogP) is 2.45. The number of benzene rings is 1. The first-order chi connectivity index (χ1) is 7.27. The molecule has 3 heteroatoms. The number of nitrogens with one attached hydrogen (secondary N) is 1. The van der Waals surface area contributed by atoms with Gasteiger partial charge in [0.05, 0.1) is 0 Å². The standard InChI is InChI=1S/C12H17BrN2/c13-11-3-1-9(2-4-11)12(14)10-5-7-15-8-6-10/h1-4,10,12,15H,5-8,14H2/t12-/m0/s1. The molecule has 1 fully saturated rings. The van der Waals surface area contributed by atoms with Crippen molar-refractivity contribution >= 4 is 15.9 Å². The van der Waals surface area contributed by atoms with Crippen molar-refractivity contribution in [3.8, 4) is 0 Å². The molecule has 0 bridgehead atoms. The van der Waals surface area contributed by atoms with Crippen molar-refractivity contribution in [2.75, 3.05) is 13.1 Å². The zero-order valence-electron chi connectivity index (χ0n) is 8.75. The maximum atomic E-state index is 6.28. The number of halogens is 1. The second-order valence-corrected chi connectivity index (χ2v) is 5.08. The molecule has 1 aromatic carbocycles. The van der Waals surface area contributed by atoms with Crippen LogP contribution in [0.1, 0.15) is 24.4 Å². The molecule has 0 radical (unpaired) electrons. The van der Waals surface area contributed by atoms with Crippen molar-refractivity contribution in [3.05, 3.63) is 34.3 Å². The van der Waals surface area contributed by atoms with Crippen molar-refractivity contribution in [2.45, 2.75) is 18.9 Å². The van der Waals surface area contributed by atoms with Gasteiger partial charge in [-0.05, 0) is 49.5 Å². The summed E-state index contributed by atoms with van der Waals surface area (Å²) in [7, 11) is 0. The second-order valence-electron chi connectivity index (χ2n) is 4.16. The van der Waals surface area contributed by atoms with Gasteiger partial charge in [-0.15, -0.1) is 0 Å². The Labute approximate surface area is 99.4 Å². The summed E-state index contributed by atoms with van der Waals surface area (Å²) < 4.78 is 1.11. The fourth-order valence-corrected chi connectivity index (χ4v) is 2.42. The van der Waals surface area contributed by atoms with Gasteiger partial charge in [-0.2, -0.15) is 0 Å². The minimum atomic E-state index is 0.195. The van der Waals surface area contributed by atoms with E-state index in [4.69, 9.17) is 5.73 Å². The van der Waals surface area contributed by atoms with Gasteiger partial charge in [-0.3, -0.25) is 0 Å². The highest BCUT2D eigenvalue weighted by molar-refractivity contribution is 9.10. The Bertz CT molecular complexity index is 304. The molecule has 3 N–H and O–H groups in total. The van der Waals surface area contributed by atoms with Crippen molar-refractivity contribution in [2.24, 2.45) is 11.7 Å². The van der Waals surface area contributed by atoms with Crippen LogP contribution in [0.15, 0.2) is 28.7 Å². The summed E-state index contributed by atoms with van der Waals surface area (Å²) in [6.07, 6.45) is 2.38. The highest BCUT2D eigenvalue weighted by Gasteiger charge is 2.21. The van der Waals surface area contributed by atoms with E-state index >= 15 is 0 Å². The van der Waals surface area contributed by atoms with E-state index in [0.717, 1.165) is 17.6 Å². The molecule has 1 atom stereocenters. The topological polar surface area (TPSA) is 38.0 Å². The van der Waals surface area contributed by atoms with Gasteiger partial charge in [-0.25, -0.2) is 0 Å². The van der Waals surface area contributed by atoms with E-state index in [0.29, 0.717) is 5.92 Å². The average molecular weight is 269 g/mol. The van der Waals surface area contributed by atoms with Crippen LogP contribution in [0.25, 0.3) is 0 Å². The normalized spacial score (nSPS) is 20.1. The SMILES string of the molecule is N[C@@H](c1ccc(Br)cc1)C1CCNCC1. The van der Waals surface area contributed by atoms with E-state index in [2.05, 4.69) is 45.5 Å². The first-order valence-corrected chi connectivity index (χ1v) is 6.28. The Morgan fingerprint density at radius 1 is 1.20 bits per heavy atom. The summed E-state index contributed by atoms with van der Waals surface area (Å²) in [6, 6.07) is 8.57. The van der Waals surface area contributed by atoms with Crippen molar-refractivity contribution < 1.29 is 0 Å². The van der Waals surface area contributed by atoms with E-state index in [-0.39, 0.29) is 6.04 Å². The summed E-state index contributed by atoms with van der Waals surface area (Å²) in [4.78, 5) is 0. The average Bonchev–Trinajstić information content (AvgIpc) is 2.30. The Balaban J connectivity index is 2.05. The molecule has 15 heavy (non-hydrogen) atoms. The number of hydrogen-bond donors (Lipinski definition) is 2. The Morgan fingerprint density at radius 3 is 2.40 bits per heavy atom. The van der Waals surface area contributed by atoms with Crippen LogP contribution >= 0.6 is 15.9 Å². The zero-order valence-corrected chi connectivity index (χ0v) is 10.3. The molecule has 0 saturated carbocycles. The molecule has 0 amide bonds. The smallest absolute Gasteiger partial charge is 0.0324 e. The Morgan fingerprint density at radius 2 is 1.80 bits per heavy atom. The molecule has 1 aliphatic rings. The van der Waals surface area contributed by atoms with E-state index < -0.39 is 0 Å². The molecular weight excluding hydrogens is 252 g/mol. The summed E-state index contributed by atoms with van der Waals surface area (Å²) in [5.41, 5.74) is 7.53. The maximum Gasteiger partial charge on any atom is 0.0324 e.